The fraction of sp³-hybridized carbons (Fsp3) is 0.0556. The molecule has 0 aliphatic carbocycles. The molecule has 0 bridgehead atoms. The van der Waals surface area contributed by atoms with Crippen LogP contribution in [-0.2, 0) is 0 Å². The Morgan fingerprint density at radius 3 is 2.50 bits per heavy atom. The van der Waals surface area contributed by atoms with Crippen LogP contribution in [0.4, 0.5) is 5.69 Å². The first-order valence-corrected chi connectivity index (χ1v) is 8.07. The van der Waals surface area contributed by atoms with E-state index in [-0.39, 0.29) is 5.91 Å². The molecule has 0 saturated heterocycles. The Kier molecular flexibility index (Phi) is 4.39. The van der Waals surface area contributed by atoms with Gasteiger partial charge in [-0.2, -0.15) is 0 Å². The molecule has 24 heavy (non-hydrogen) atoms. The first kappa shape index (κ1) is 15.9. The lowest BCUT2D eigenvalue weighted by molar-refractivity contribution is 0.0702. The van der Waals surface area contributed by atoms with Gasteiger partial charge in [0.2, 0.25) is 0 Å². The molecule has 0 fully saturated rings. The summed E-state index contributed by atoms with van der Waals surface area (Å²) in [6.07, 6.45) is 3.23. The lowest BCUT2D eigenvalue weighted by Crippen LogP contribution is -2.13. The van der Waals surface area contributed by atoms with Crippen molar-refractivity contribution in [2.24, 2.45) is 0 Å². The number of pyridine rings is 1. The lowest BCUT2D eigenvalue weighted by atomic mass is 10.1. The van der Waals surface area contributed by atoms with Crippen LogP contribution in [0.1, 0.15) is 25.6 Å². The summed E-state index contributed by atoms with van der Waals surface area (Å²) in [5.74, 6) is -1.12. The second-order valence-electron chi connectivity index (χ2n) is 5.23. The van der Waals surface area contributed by atoms with Crippen LogP contribution in [0, 0.1) is 6.92 Å². The van der Waals surface area contributed by atoms with Crippen LogP contribution in [0.2, 0.25) is 0 Å². The quantitative estimate of drug-likeness (QED) is 0.751. The number of amides is 1. The standard InChI is InChI=1S/C18H14N2O3S/c1-11-9-19-7-6-15(11)17(21)20-14-4-2-12(3-5-14)13-8-16(18(22)23)24-10-13/h2-10H,1H3,(H,20,21)(H,22,23). The maximum Gasteiger partial charge on any atom is 0.345 e. The summed E-state index contributed by atoms with van der Waals surface area (Å²) in [5.41, 5.74) is 3.81. The van der Waals surface area contributed by atoms with Crippen molar-refractivity contribution in [2.45, 2.75) is 6.92 Å². The number of thiophene rings is 1. The number of aromatic carboxylic acids is 1. The van der Waals surface area contributed by atoms with Crippen molar-refractivity contribution < 1.29 is 14.7 Å². The van der Waals surface area contributed by atoms with Crippen molar-refractivity contribution in [3.63, 3.8) is 0 Å². The fourth-order valence-corrected chi connectivity index (χ4v) is 3.03. The molecule has 2 N–H and O–H groups in total. The summed E-state index contributed by atoms with van der Waals surface area (Å²) in [5, 5.41) is 13.6. The average molecular weight is 338 g/mol. The van der Waals surface area contributed by atoms with Gasteiger partial charge in [-0.1, -0.05) is 12.1 Å². The van der Waals surface area contributed by atoms with Crippen molar-refractivity contribution in [1.82, 2.24) is 4.98 Å². The van der Waals surface area contributed by atoms with Gasteiger partial charge in [-0.05, 0) is 53.3 Å². The van der Waals surface area contributed by atoms with Gasteiger partial charge in [-0.25, -0.2) is 4.79 Å². The van der Waals surface area contributed by atoms with Crippen molar-refractivity contribution in [3.8, 4) is 11.1 Å². The number of nitrogens with zero attached hydrogens (tertiary/aromatic N) is 1. The second-order valence-corrected chi connectivity index (χ2v) is 6.14. The molecule has 6 heteroatoms. The topological polar surface area (TPSA) is 79.3 Å². The minimum atomic E-state index is -0.928. The molecule has 0 radical (unpaired) electrons. The van der Waals surface area contributed by atoms with E-state index < -0.39 is 5.97 Å². The van der Waals surface area contributed by atoms with Crippen LogP contribution in [0.15, 0.2) is 54.2 Å². The number of carboxylic acids is 1. The van der Waals surface area contributed by atoms with Gasteiger partial charge in [0.1, 0.15) is 4.88 Å². The van der Waals surface area contributed by atoms with E-state index in [0.717, 1.165) is 16.7 Å². The fourth-order valence-electron chi connectivity index (χ4n) is 2.27. The third-order valence-corrected chi connectivity index (χ3v) is 4.47. The predicted octanol–water partition coefficient (Wildman–Crippen LogP) is 4.07. The number of hydrogen-bond acceptors (Lipinski definition) is 4. The van der Waals surface area contributed by atoms with Crippen LogP contribution in [-0.4, -0.2) is 22.0 Å². The van der Waals surface area contributed by atoms with Gasteiger partial charge in [0, 0.05) is 23.6 Å². The molecule has 2 aromatic heterocycles. The predicted molar refractivity (Wildman–Crippen MR) is 93.6 cm³/mol. The van der Waals surface area contributed by atoms with E-state index in [1.54, 1.807) is 42.0 Å². The van der Waals surface area contributed by atoms with E-state index in [4.69, 9.17) is 5.11 Å². The number of carboxylic acid groups (broad SMARTS) is 1. The van der Waals surface area contributed by atoms with Gasteiger partial charge in [0.25, 0.3) is 5.91 Å². The number of aromatic nitrogens is 1. The van der Waals surface area contributed by atoms with Crippen molar-refractivity contribution >= 4 is 28.9 Å². The molecule has 1 aromatic carbocycles. The minimum Gasteiger partial charge on any atom is -0.477 e. The highest BCUT2D eigenvalue weighted by atomic mass is 32.1. The summed E-state index contributed by atoms with van der Waals surface area (Å²) in [6.45, 7) is 1.83. The number of aryl methyl sites for hydroxylation is 1. The number of rotatable bonds is 4. The normalized spacial score (nSPS) is 10.4. The Labute approximate surface area is 142 Å². The van der Waals surface area contributed by atoms with Gasteiger partial charge < -0.3 is 10.4 Å². The summed E-state index contributed by atoms with van der Waals surface area (Å²) in [6, 6.07) is 10.6. The molecule has 0 saturated carbocycles. The zero-order valence-corrected chi connectivity index (χ0v) is 13.6. The Bertz CT molecular complexity index is 901. The van der Waals surface area contributed by atoms with Gasteiger partial charge in [0.05, 0.1) is 0 Å². The molecule has 0 unspecified atom stereocenters. The largest absolute Gasteiger partial charge is 0.477 e. The SMILES string of the molecule is Cc1cnccc1C(=O)Nc1ccc(-c2csc(C(=O)O)c2)cc1. The summed E-state index contributed by atoms with van der Waals surface area (Å²) in [4.78, 5) is 27.5. The number of anilines is 1. The van der Waals surface area contributed by atoms with E-state index in [0.29, 0.717) is 16.1 Å². The van der Waals surface area contributed by atoms with Crippen LogP contribution in [0.5, 0.6) is 0 Å². The highest BCUT2D eigenvalue weighted by Gasteiger charge is 2.10. The molecular weight excluding hydrogens is 324 g/mol. The molecule has 3 aromatic rings. The zero-order valence-electron chi connectivity index (χ0n) is 12.8. The second kappa shape index (κ2) is 6.64. The highest BCUT2D eigenvalue weighted by Crippen LogP contribution is 2.27. The molecule has 5 nitrogen and oxygen atoms in total. The highest BCUT2D eigenvalue weighted by molar-refractivity contribution is 7.12. The van der Waals surface area contributed by atoms with Crippen LogP contribution in [0.3, 0.4) is 0 Å². The molecule has 0 aliphatic rings. The molecule has 0 aliphatic heterocycles. The van der Waals surface area contributed by atoms with E-state index in [2.05, 4.69) is 10.3 Å². The summed E-state index contributed by atoms with van der Waals surface area (Å²) < 4.78 is 0. The molecule has 0 atom stereocenters. The van der Waals surface area contributed by atoms with Crippen LogP contribution >= 0.6 is 11.3 Å². The molecule has 0 spiro atoms. The molecule has 2 heterocycles. The first-order valence-electron chi connectivity index (χ1n) is 7.19. The summed E-state index contributed by atoms with van der Waals surface area (Å²) >= 11 is 1.19. The average Bonchev–Trinajstić information content (AvgIpc) is 3.06. The number of hydrogen-bond donors (Lipinski definition) is 2. The number of carbonyl (C=O) groups is 2. The maximum absolute atomic E-state index is 12.3. The van der Waals surface area contributed by atoms with E-state index in [1.165, 1.54) is 11.3 Å². The monoisotopic (exact) mass is 338 g/mol. The zero-order chi connectivity index (χ0) is 17.1. The van der Waals surface area contributed by atoms with Gasteiger partial charge in [-0.3, -0.25) is 9.78 Å². The number of nitrogens with one attached hydrogen (secondary N) is 1. The molecular formula is C18H14N2O3S. The maximum atomic E-state index is 12.3. The van der Waals surface area contributed by atoms with Crippen molar-refractivity contribution in [3.05, 3.63) is 70.2 Å². The van der Waals surface area contributed by atoms with Crippen LogP contribution < -0.4 is 5.32 Å². The van der Waals surface area contributed by atoms with Crippen LogP contribution in [0.25, 0.3) is 11.1 Å². The van der Waals surface area contributed by atoms with E-state index in [9.17, 15) is 9.59 Å². The third-order valence-electron chi connectivity index (χ3n) is 3.55. The first-order chi connectivity index (χ1) is 11.5. The molecule has 1 amide bonds. The van der Waals surface area contributed by atoms with E-state index in [1.807, 2.05) is 19.1 Å². The Hall–Kier alpha value is -2.99. The van der Waals surface area contributed by atoms with Gasteiger partial charge in [-0.15, -0.1) is 11.3 Å². The smallest absolute Gasteiger partial charge is 0.345 e. The molecule has 3 rings (SSSR count). The number of benzene rings is 1. The Morgan fingerprint density at radius 2 is 1.88 bits per heavy atom. The minimum absolute atomic E-state index is 0.189. The third kappa shape index (κ3) is 3.33. The summed E-state index contributed by atoms with van der Waals surface area (Å²) in [7, 11) is 0. The van der Waals surface area contributed by atoms with Gasteiger partial charge >= 0.3 is 5.97 Å². The van der Waals surface area contributed by atoms with E-state index >= 15 is 0 Å². The Balaban J connectivity index is 1.76. The Morgan fingerprint density at radius 1 is 1.12 bits per heavy atom. The van der Waals surface area contributed by atoms with Gasteiger partial charge in [0.15, 0.2) is 0 Å². The molecule has 120 valence electrons. The van der Waals surface area contributed by atoms with Crippen molar-refractivity contribution in [1.29, 1.82) is 0 Å². The number of carbonyl (C=O) groups excluding carboxylic acids is 1. The van der Waals surface area contributed by atoms with Crippen molar-refractivity contribution in [2.75, 3.05) is 5.32 Å². The lowest BCUT2D eigenvalue weighted by Gasteiger charge is -2.08.